The molecule has 0 radical (unpaired) electrons. The van der Waals surface area contributed by atoms with Crippen LogP contribution in [0.5, 0.6) is 0 Å². The van der Waals surface area contributed by atoms with Gasteiger partial charge in [0, 0.05) is 10.9 Å². The molecule has 0 saturated heterocycles. The summed E-state index contributed by atoms with van der Waals surface area (Å²) >= 11 is 11.5. The molecule has 0 bridgehead atoms. The van der Waals surface area contributed by atoms with Crippen molar-refractivity contribution in [3.05, 3.63) is 34.6 Å². The van der Waals surface area contributed by atoms with Crippen molar-refractivity contribution in [1.29, 1.82) is 0 Å². The topological polar surface area (TPSA) is 0 Å². The Morgan fingerprint density at radius 2 is 2.23 bits per heavy atom. The molecule has 0 N–H and O–H groups in total. The zero-order valence-corrected chi connectivity index (χ0v) is 8.45. The molecule has 2 unspecified atom stereocenters. The van der Waals surface area contributed by atoms with Crippen molar-refractivity contribution in [2.45, 2.75) is 12.3 Å². The van der Waals surface area contributed by atoms with E-state index >= 15 is 0 Å². The number of alkyl halides is 1. The van der Waals surface area contributed by atoms with Crippen LogP contribution in [0.3, 0.4) is 0 Å². The van der Waals surface area contributed by atoms with Crippen molar-refractivity contribution in [2.75, 3.05) is 5.88 Å². The highest BCUT2D eigenvalue weighted by atomic mass is 35.5. The molecule has 2 rings (SSSR count). The van der Waals surface area contributed by atoms with Crippen molar-refractivity contribution < 1.29 is 4.39 Å². The lowest BCUT2D eigenvalue weighted by Crippen LogP contribution is -1.89. The van der Waals surface area contributed by atoms with Crippen molar-refractivity contribution in [2.24, 2.45) is 5.92 Å². The highest BCUT2D eigenvalue weighted by Crippen LogP contribution is 2.49. The Morgan fingerprint density at radius 3 is 2.85 bits per heavy atom. The predicted octanol–water partition coefficient (Wildman–Crippen LogP) is 3.82. The van der Waals surface area contributed by atoms with Crippen molar-refractivity contribution in [3.8, 4) is 0 Å². The molecule has 0 nitrogen and oxygen atoms in total. The molecule has 2 atom stereocenters. The summed E-state index contributed by atoms with van der Waals surface area (Å²) in [5, 5.41) is 0.594. The van der Waals surface area contributed by atoms with E-state index in [1.807, 2.05) is 0 Å². The quantitative estimate of drug-likeness (QED) is 0.663. The van der Waals surface area contributed by atoms with E-state index in [2.05, 4.69) is 0 Å². The highest BCUT2D eigenvalue weighted by molar-refractivity contribution is 6.30. The first-order chi connectivity index (χ1) is 6.22. The second kappa shape index (κ2) is 3.47. The van der Waals surface area contributed by atoms with Crippen LogP contribution in [0.2, 0.25) is 5.02 Å². The Kier molecular flexibility index (Phi) is 2.48. The van der Waals surface area contributed by atoms with Gasteiger partial charge in [0.2, 0.25) is 0 Å². The molecule has 0 heterocycles. The zero-order valence-electron chi connectivity index (χ0n) is 6.93. The lowest BCUT2D eigenvalue weighted by atomic mass is 10.1. The van der Waals surface area contributed by atoms with Crippen LogP contribution in [0.15, 0.2) is 18.2 Å². The molecule has 0 aromatic heterocycles. The average molecular weight is 219 g/mol. The summed E-state index contributed by atoms with van der Waals surface area (Å²) in [6, 6.07) is 4.69. The molecule has 1 aromatic carbocycles. The smallest absolute Gasteiger partial charge is 0.126 e. The molecular weight excluding hydrogens is 210 g/mol. The van der Waals surface area contributed by atoms with E-state index in [0.717, 1.165) is 12.0 Å². The maximum Gasteiger partial charge on any atom is 0.126 e. The second-order valence-corrected chi connectivity index (χ2v) is 4.17. The Balaban J connectivity index is 2.25. The van der Waals surface area contributed by atoms with Crippen molar-refractivity contribution in [3.63, 3.8) is 0 Å². The lowest BCUT2D eigenvalue weighted by Gasteiger charge is -2.01. The monoisotopic (exact) mass is 218 g/mol. The van der Waals surface area contributed by atoms with Gasteiger partial charge in [-0.05, 0) is 42.0 Å². The molecule has 13 heavy (non-hydrogen) atoms. The summed E-state index contributed by atoms with van der Waals surface area (Å²) in [5.41, 5.74) is 0.721. The predicted molar refractivity (Wildman–Crippen MR) is 53.0 cm³/mol. The van der Waals surface area contributed by atoms with Crippen molar-refractivity contribution >= 4 is 23.2 Å². The third-order valence-corrected chi connectivity index (χ3v) is 3.11. The number of hydrogen-bond donors (Lipinski definition) is 0. The number of hydrogen-bond acceptors (Lipinski definition) is 0. The van der Waals surface area contributed by atoms with Gasteiger partial charge in [-0.15, -0.1) is 11.6 Å². The SMILES string of the molecule is Fc1ccc(Cl)cc1C1CC1CCl. The average Bonchev–Trinajstić information content (AvgIpc) is 2.88. The zero-order chi connectivity index (χ0) is 9.42. The first-order valence-electron chi connectivity index (χ1n) is 4.23. The van der Waals surface area contributed by atoms with Crippen LogP contribution in [0.1, 0.15) is 17.9 Å². The Bertz CT molecular complexity index is 325. The van der Waals surface area contributed by atoms with E-state index < -0.39 is 0 Å². The summed E-state index contributed by atoms with van der Waals surface area (Å²) in [6.45, 7) is 0. The van der Waals surface area contributed by atoms with E-state index in [1.54, 1.807) is 12.1 Å². The normalized spacial score (nSPS) is 26.1. The molecule has 3 heteroatoms. The van der Waals surface area contributed by atoms with Gasteiger partial charge in [-0.25, -0.2) is 4.39 Å². The number of rotatable bonds is 2. The minimum absolute atomic E-state index is 0.165. The fourth-order valence-electron chi connectivity index (χ4n) is 1.60. The van der Waals surface area contributed by atoms with E-state index in [0.29, 0.717) is 16.8 Å². The molecule has 0 aliphatic heterocycles. The van der Waals surface area contributed by atoms with Gasteiger partial charge >= 0.3 is 0 Å². The van der Waals surface area contributed by atoms with Gasteiger partial charge < -0.3 is 0 Å². The van der Waals surface area contributed by atoms with Crippen LogP contribution in [0.4, 0.5) is 4.39 Å². The molecule has 1 fully saturated rings. The number of benzene rings is 1. The van der Waals surface area contributed by atoms with Crippen LogP contribution in [-0.2, 0) is 0 Å². The number of halogens is 3. The largest absolute Gasteiger partial charge is 0.207 e. The Labute approximate surface area is 86.7 Å². The lowest BCUT2D eigenvalue weighted by molar-refractivity contribution is 0.608. The summed E-state index contributed by atoms with van der Waals surface area (Å²) < 4.78 is 13.3. The van der Waals surface area contributed by atoms with Gasteiger partial charge in [0.05, 0.1) is 0 Å². The third-order valence-electron chi connectivity index (χ3n) is 2.48. The van der Waals surface area contributed by atoms with E-state index in [9.17, 15) is 4.39 Å². The first kappa shape index (κ1) is 9.29. The minimum Gasteiger partial charge on any atom is -0.207 e. The maximum atomic E-state index is 13.3. The Hall–Kier alpha value is -0.270. The maximum absolute atomic E-state index is 13.3. The van der Waals surface area contributed by atoms with Crippen LogP contribution < -0.4 is 0 Å². The standard InChI is InChI=1S/C10H9Cl2F/c11-5-6-3-8(6)9-4-7(12)1-2-10(9)13/h1-2,4,6,8H,3,5H2. The molecule has 70 valence electrons. The first-order valence-corrected chi connectivity index (χ1v) is 5.14. The Morgan fingerprint density at radius 1 is 1.46 bits per heavy atom. The fourth-order valence-corrected chi connectivity index (χ4v) is 2.12. The summed E-state index contributed by atoms with van der Waals surface area (Å²) in [5.74, 6) is 1.17. The summed E-state index contributed by atoms with van der Waals surface area (Å²) in [7, 11) is 0. The third kappa shape index (κ3) is 1.82. The molecule has 1 aliphatic rings. The summed E-state index contributed by atoms with van der Waals surface area (Å²) in [4.78, 5) is 0. The van der Waals surface area contributed by atoms with Crippen molar-refractivity contribution in [1.82, 2.24) is 0 Å². The molecule has 1 aromatic rings. The van der Waals surface area contributed by atoms with E-state index in [1.165, 1.54) is 6.07 Å². The molecule has 0 amide bonds. The van der Waals surface area contributed by atoms with Gasteiger partial charge in [0.1, 0.15) is 5.82 Å². The van der Waals surface area contributed by atoms with Crippen LogP contribution in [0, 0.1) is 11.7 Å². The minimum atomic E-state index is -0.165. The van der Waals surface area contributed by atoms with Gasteiger partial charge in [-0.1, -0.05) is 11.6 Å². The van der Waals surface area contributed by atoms with Gasteiger partial charge in [0.25, 0.3) is 0 Å². The van der Waals surface area contributed by atoms with Crippen LogP contribution in [-0.4, -0.2) is 5.88 Å². The molecule has 0 spiro atoms. The second-order valence-electron chi connectivity index (χ2n) is 3.42. The van der Waals surface area contributed by atoms with Gasteiger partial charge in [-0.2, -0.15) is 0 Å². The van der Waals surface area contributed by atoms with E-state index in [4.69, 9.17) is 23.2 Å². The fraction of sp³-hybridized carbons (Fsp3) is 0.400. The molecular formula is C10H9Cl2F. The molecule has 1 saturated carbocycles. The summed E-state index contributed by atoms with van der Waals surface area (Å²) in [6.07, 6.45) is 0.987. The van der Waals surface area contributed by atoms with Crippen LogP contribution in [0.25, 0.3) is 0 Å². The van der Waals surface area contributed by atoms with Crippen LogP contribution >= 0.6 is 23.2 Å². The van der Waals surface area contributed by atoms with Gasteiger partial charge in [0.15, 0.2) is 0 Å². The van der Waals surface area contributed by atoms with Gasteiger partial charge in [-0.3, -0.25) is 0 Å². The highest BCUT2D eigenvalue weighted by Gasteiger charge is 2.39. The van der Waals surface area contributed by atoms with E-state index in [-0.39, 0.29) is 11.7 Å². The molecule has 1 aliphatic carbocycles.